The van der Waals surface area contributed by atoms with Gasteiger partial charge in [0.15, 0.2) is 0 Å². The van der Waals surface area contributed by atoms with Gasteiger partial charge < -0.3 is 5.73 Å². The summed E-state index contributed by atoms with van der Waals surface area (Å²) >= 11 is 0. The summed E-state index contributed by atoms with van der Waals surface area (Å²) < 4.78 is 27.3. The van der Waals surface area contributed by atoms with Crippen LogP contribution in [-0.4, -0.2) is 9.78 Å². The second-order valence-electron chi connectivity index (χ2n) is 3.05. The molecule has 0 spiro atoms. The van der Waals surface area contributed by atoms with Gasteiger partial charge in [-0.2, -0.15) is 9.49 Å². The summed E-state index contributed by atoms with van der Waals surface area (Å²) in [6.07, 6.45) is 1.36. The molecule has 2 N–H and O–H groups in total. The van der Waals surface area contributed by atoms with Crippen molar-refractivity contribution in [3.63, 3.8) is 0 Å². The van der Waals surface area contributed by atoms with Crippen LogP contribution in [-0.2, 0) is 6.54 Å². The molecule has 0 atom stereocenters. The lowest BCUT2D eigenvalue weighted by Gasteiger charge is -2.01. The molecule has 0 unspecified atom stereocenters. The zero-order valence-corrected chi connectivity index (χ0v) is 7.82. The summed E-state index contributed by atoms with van der Waals surface area (Å²) in [4.78, 5) is 0. The Labute approximate surface area is 85.1 Å². The Morgan fingerprint density at radius 3 is 2.40 bits per heavy atom. The first-order chi connectivity index (χ1) is 7.22. The van der Waals surface area contributed by atoms with Crippen molar-refractivity contribution in [3.05, 3.63) is 47.8 Å². The lowest BCUT2D eigenvalue weighted by molar-refractivity contribution is 0.526. The molecule has 1 aromatic heterocycles. The molecule has 2 rings (SSSR count). The third kappa shape index (κ3) is 1.73. The highest BCUT2D eigenvalue weighted by molar-refractivity contribution is 5.32. The van der Waals surface area contributed by atoms with Crippen molar-refractivity contribution in [2.24, 2.45) is 5.73 Å². The van der Waals surface area contributed by atoms with Crippen molar-refractivity contribution in [2.75, 3.05) is 0 Å². The van der Waals surface area contributed by atoms with Gasteiger partial charge >= 0.3 is 0 Å². The molecule has 78 valence electrons. The van der Waals surface area contributed by atoms with Crippen LogP contribution in [0.3, 0.4) is 0 Å². The van der Waals surface area contributed by atoms with Crippen molar-refractivity contribution in [1.29, 1.82) is 0 Å². The fourth-order valence-electron chi connectivity index (χ4n) is 1.27. The van der Waals surface area contributed by atoms with Crippen molar-refractivity contribution in [1.82, 2.24) is 9.78 Å². The topological polar surface area (TPSA) is 43.8 Å². The Bertz CT molecular complexity index is 462. The number of hydrogen-bond acceptors (Lipinski definition) is 2. The van der Waals surface area contributed by atoms with Gasteiger partial charge in [0, 0.05) is 12.1 Å². The van der Waals surface area contributed by atoms with Crippen LogP contribution in [0.5, 0.6) is 0 Å². The number of nitrogens with zero attached hydrogens (tertiary/aromatic N) is 2. The molecule has 5 heteroatoms. The third-order valence-corrected chi connectivity index (χ3v) is 2.07. The molecule has 0 aliphatic heterocycles. The SMILES string of the molecule is NCc1cnn(-c2ccc(F)cc2)c1F. The minimum atomic E-state index is -0.510. The van der Waals surface area contributed by atoms with Crippen molar-refractivity contribution in [2.45, 2.75) is 6.54 Å². The summed E-state index contributed by atoms with van der Waals surface area (Å²) in [7, 11) is 0. The molecular weight excluding hydrogens is 200 g/mol. The van der Waals surface area contributed by atoms with E-state index >= 15 is 0 Å². The van der Waals surface area contributed by atoms with Crippen molar-refractivity contribution in [3.8, 4) is 5.69 Å². The Morgan fingerprint density at radius 1 is 1.20 bits per heavy atom. The molecule has 2 aromatic rings. The highest BCUT2D eigenvalue weighted by atomic mass is 19.1. The molecule has 0 amide bonds. The van der Waals surface area contributed by atoms with Gasteiger partial charge in [0.05, 0.1) is 11.9 Å². The normalized spacial score (nSPS) is 10.6. The lowest BCUT2D eigenvalue weighted by Crippen LogP contribution is -2.03. The Kier molecular flexibility index (Phi) is 2.47. The highest BCUT2D eigenvalue weighted by Crippen LogP contribution is 2.13. The van der Waals surface area contributed by atoms with Crippen LogP contribution in [0.4, 0.5) is 8.78 Å². The largest absolute Gasteiger partial charge is 0.326 e. The summed E-state index contributed by atoms with van der Waals surface area (Å²) in [6.45, 7) is 0.0903. The summed E-state index contributed by atoms with van der Waals surface area (Å²) in [5.41, 5.74) is 6.11. The zero-order valence-electron chi connectivity index (χ0n) is 7.82. The Hall–Kier alpha value is -1.75. The van der Waals surface area contributed by atoms with Crippen molar-refractivity contribution < 1.29 is 8.78 Å². The first kappa shape index (κ1) is 9.79. The van der Waals surface area contributed by atoms with Crippen LogP contribution in [0.2, 0.25) is 0 Å². The Morgan fingerprint density at radius 2 is 1.87 bits per heavy atom. The fraction of sp³-hybridized carbons (Fsp3) is 0.100. The third-order valence-electron chi connectivity index (χ3n) is 2.07. The van der Waals surface area contributed by atoms with Gasteiger partial charge in [-0.1, -0.05) is 0 Å². The molecule has 0 bridgehead atoms. The molecule has 3 nitrogen and oxygen atoms in total. The van der Waals surface area contributed by atoms with Gasteiger partial charge in [-0.3, -0.25) is 0 Å². The molecule has 0 aliphatic carbocycles. The maximum atomic E-state index is 13.5. The average Bonchev–Trinajstić information content (AvgIpc) is 2.61. The van der Waals surface area contributed by atoms with E-state index in [2.05, 4.69) is 5.10 Å². The van der Waals surface area contributed by atoms with Gasteiger partial charge in [-0.15, -0.1) is 0 Å². The van der Waals surface area contributed by atoms with E-state index < -0.39 is 5.95 Å². The second-order valence-corrected chi connectivity index (χ2v) is 3.05. The van der Waals surface area contributed by atoms with E-state index in [4.69, 9.17) is 5.73 Å². The van der Waals surface area contributed by atoms with Gasteiger partial charge in [0.25, 0.3) is 0 Å². The minimum absolute atomic E-state index is 0.0903. The molecule has 1 heterocycles. The molecule has 0 saturated carbocycles. The molecule has 15 heavy (non-hydrogen) atoms. The van der Waals surface area contributed by atoms with E-state index in [1.54, 1.807) is 0 Å². The van der Waals surface area contributed by atoms with Crippen LogP contribution in [0.25, 0.3) is 5.69 Å². The lowest BCUT2D eigenvalue weighted by atomic mass is 10.3. The van der Waals surface area contributed by atoms with E-state index in [9.17, 15) is 8.78 Å². The van der Waals surface area contributed by atoms with Gasteiger partial charge in [0.1, 0.15) is 5.82 Å². The Balaban J connectivity index is 2.45. The van der Waals surface area contributed by atoms with Crippen molar-refractivity contribution >= 4 is 0 Å². The maximum Gasteiger partial charge on any atom is 0.220 e. The zero-order chi connectivity index (χ0) is 10.8. The van der Waals surface area contributed by atoms with E-state index in [0.717, 1.165) is 4.68 Å². The predicted molar refractivity (Wildman–Crippen MR) is 51.4 cm³/mol. The van der Waals surface area contributed by atoms with Crippen LogP contribution in [0, 0.1) is 11.8 Å². The number of nitrogens with two attached hydrogens (primary N) is 1. The van der Waals surface area contributed by atoms with Gasteiger partial charge in [-0.05, 0) is 24.3 Å². The predicted octanol–water partition coefficient (Wildman–Crippen LogP) is 1.61. The van der Waals surface area contributed by atoms with Crippen LogP contribution in [0.15, 0.2) is 30.5 Å². The van der Waals surface area contributed by atoms with E-state index in [0.29, 0.717) is 11.3 Å². The molecule has 0 radical (unpaired) electrons. The maximum absolute atomic E-state index is 13.5. The first-order valence-electron chi connectivity index (χ1n) is 4.41. The number of hydrogen-bond donors (Lipinski definition) is 1. The van der Waals surface area contributed by atoms with Gasteiger partial charge in [-0.25, -0.2) is 9.07 Å². The second kappa shape index (κ2) is 3.78. The smallest absolute Gasteiger partial charge is 0.220 e. The van der Waals surface area contributed by atoms with Crippen LogP contribution >= 0.6 is 0 Å². The van der Waals surface area contributed by atoms with Crippen LogP contribution in [0.1, 0.15) is 5.56 Å². The monoisotopic (exact) mass is 209 g/mol. The fourth-order valence-corrected chi connectivity index (χ4v) is 1.27. The number of aromatic nitrogens is 2. The molecular formula is C10H9F2N3. The number of benzene rings is 1. The quantitative estimate of drug-likeness (QED) is 0.816. The number of halogens is 2. The molecule has 0 saturated heterocycles. The number of rotatable bonds is 2. The summed E-state index contributed by atoms with van der Waals surface area (Å²) in [5.74, 6) is -0.880. The standard InChI is InChI=1S/C10H9F2N3/c11-8-1-3-9(4-2-8)15-10(12)7(5-13)6-14-15/h1-4,6H,5,13H2. The molecule has 1 aromatic carbocycles. The van der Waals surface area contributed by atoms with E-state index in [1.807, 2.05) is 0 Å². The average molecular weight is 209 g/mol. The van der Waals surface area contributed by atoms with E-state index in [-0.39, 0.29) is 12.4 Å². The van der Waals surface area contributed by atoms with Gasteiger partial charge in [0.2, 0.25) is 5.95 Å². The highest BCUT2D eigenvalue weighted by Gasteiger charge is 2.09. The molecule has 0 fully saturated rings. The van der Waals surface area contributed by atoms with E-state index in [1.165, 1.54) is 30.5 Å². The summed E-state index contributed by atoms with van der Waals surface area (Å²) in [5, 5.41) is 3.83. The first-order valence-corrected chi connectivity index (χ1v) is 4.41. The summed E-state index contributed by atoms with van der Waals surface area (Å²) in [6, 6.07) is 5.40. The molecule has 0 aliphatic rings. The minimum Gasteiger partial charge on any atom is -0.326 e. The van der Waals surface area contributed by atoms with Crippen LogP contribution < -0.4 is 5.73 Å².